The predicted octanol–water partition coefficient (Wildman–Crippen LogP) is 4.33. The van der Waals surface area contributed by atoms with E-state index in [1.54, 1.807) is 0 Å². The first kappa shape index (κ1) is 18.5. The molecule has 1 aliphatic heterocycles. The van der Waals surface area contributed by atoms with Gasteiger partial charge in [0.1, 0.15) is 5.82 Å². The molecule has 144 valence electrons. The lowest BCUT2D eigenvalue weighted by Crippen LogP contribution is -2.50. The van der Waals surface area contributed by atoms with Gasteiger partial charge in [0.05, 0.1) is 11.3 Å². The van der Waals surface area contributed by atoms with Gasteiger partial charge in [-0.2, -0.15) is 0 Å². The van der Waals surface area contributed by atoms with Crippen molar-refractivity contribution in [3.05, 3.63) is 24.3 Å². The number of hydrogen-bond donors (Lipinski definition) is 1. The maximum atomic E-state index is 12.9. The number of hydrogen-bond acceptors (Lipinski definition) is 5. The van der Waals surface area contributed by atoms with Crippen molar-refractivity contribution in [2.45, 2.75) is 56.6 Å². The molecule has 2 aromatic rings. The second-order valence-electron chi connectivity index (χ2n) is 7.53. The highest BCUT2D eigenvalue weighted by atomic mass is 32.2. The quantitative estimate of drug-likeness (QED) is 0.614. The lowest BCUT2D eigenvalue weighted by atomic mass is 9.78. The third-order valence-corrected chi connectivity index (χ3v) is 6.65. The lowest BCUT2D eigenvalue weighted by molar-refractivity contribution is -0.134. The van der Waals surface area contributed by atoms with E-state index >= 15 is 0 Å². The molecule has 5 nitrogen and oxygen atoms in total. The maximum absolute atomic E-state index is 12.9. The number of aromatic nitrogens is 2. The molecule has 1 aromatic heterocycles. The van der Waals surface area contributed by atoms with E-state index in [9.17, 15) is 4.79 Å². The zero-order valence-corrected chi connectivity index (χ0v) is 16.8. The van der Waals surface area contributed by atoms with Crippen LogP contribution in [-0.2, 0) is 4.79 Å². The van der Waals surface area contributed by atoms with E-state index in [0.717, 1.165) is 42.1 Å². The summed E-state index contributed by atoms with van der Waals surface area (Å²) in [5.41, 5.74) is 0.920. The van der Waals surface area contributed by atoms with Crippen LogP contribution in [0.15, 0.2) is 29.4 Å². The molecule has 27 heavy (non-hydrogen) atoms. The van der Waals surface area contributed by atoms with Crippen molar-refractivity contribution in [3.8, 4) is 0 Å². The van der Waals surface area contributed by atoms with Gasteiger partial charge in [-0.1, -0.05) is 36.7 Å². The molecule has 1 aliphatic carbocycles. The van der Waals surface area contributed by atoms with E-state index in [0.29, 0.717) is 17.0 Å². The third kappa shape index (κ3) is 4.05. The summed E-state index contributed by atoms with van der Waals surface area (Å²) in [4.78, 5) is 24.4. The van der Waals surface area contributed by atoms with Gasteiger partial charge in [0, 0.05) is 24.5 Å². The average Bonchev–Trinajstić information content (AvgIpc) is 2.72. The van der Waals surface area contributed by atoms with E-state index in [2.05, 4.69) is 27.1 Å². The Hall–Kier alpha value is -1.82. The highest BCUT2D eigenvalue weighted by Crippen LogP contribution is 2.35. The second-order valence-corrected chi connectivity index (χ2v) is 8.47. The van der Waals surface area contributed by atoms with Gasteiger partial charge in [-0.3, -0.25) is 4.79 Å². The maximum Gasteiger partial charge on any atom is 0.233 e. The number of nitrogens with one attached hydrogen (secondary N) is 1. The van der Waals surface area contributed by atoms with Gasteiger partial charge in [0.15, 0.2) is 5.16 Å². The number of carbonyl (C=O) groups excluding carboxylic acids is 1. The van der Waals surface area contributed by atoms with E-state index in [1.807, 2.05) is 24.3 Å². The Morgan fingerprint density at radius 1 is 1.19 bits per heavy atom. The van der Waals surface area contributed by atoms with Crippen LogP contribution in [0.4, 0.5) is 5.82 Å². The predicted molar refractivity (Wildman–Crippen MR) is 111 cm³/mol. The van der Waals surface area contributed by atoms with Gasteiger partial charge in [-0.25, -0.2) is 9.97 Å². The van der Waals surface area contributed by atoms with Crippen LogP contribution in [0.2, 0.25) is 0 Å². The topological polar surface area (TPSA) is 58.1 Å². The Morgan fingerprint density at radius 3 is 2.89 bits per heavy atom. The molecule has 0 unspecified atom stereocenters. The minimum atomic E-state index is 0.248. The van der Waals surface area contributed by atoms with Crippen LogP contribution in [-0.4, -0.2) is 45.7 Å². The molecule has 6 heteroatoms. The molecular formula is C21H28N4OS. The molecule has 1 saturated carbocycles. The number of piperidine rings is 1. The largest absolute Gasteiger partial charge is 0.370 e. The van der Waals surface area contributed by atoms with Crippen LogP contribution in [0.25, 0.3) is 10.9 Å². The normalized spacial score (nSPS) is 22.5. The minimum Gasteiger partial charge on any atom is -0.370 e. The van der Waals surface area contributed by atoms with E-state index in [1.165, 1.54) is 43.9 Å². The number of benzene rings is 1. The molecule has 4 rings (SSSR count). The Morgan fingerprint density at radius 2 is 2.00 bits per heavy atom. The second kappa shape index (κ2) is 8.46. The molecule has 2 aliphatic rings. The number of likely N-dealkylation sites (tertiary alicyclic amines) is 1. The summed E-state index contributed by atoms with van der Waals surface area (Å²) < 4.78 is 0. The van der Waals surface area contributed by atoms with Crippen molar-refractivity contribution in [1.82, 2.24) is 14.9 Å². The average molecular weight is 385 g/mol. The molecule has 1 amide bonds. The van der Waals surface area contributed by atoms with Gasteiger partial charge in [-0.15, -0.1) is 0 Å². The molecule has 2 atom stereocenters. The fraction of sp³-hybridized carbons (Fsp3) is 0.571. The summed E-state index contributed by atoms with van der Waals surface area (Å²) in [7, 11) is 0. The van der Waals surface area contributed by atoms with Crippen LogP contribution >= 0.6 is 11.8 Å². The molecule has 2 fully saturated rings. The Balaban J connectivity index is 1.47. The van der Waals surface area contributed by atoms with Crippen LogP contribution in [0.1, 0.15) is 45.4 Å². The first-order valence-corrected chi connectivity index (χ1v) is 11.2. The van der Waals surface area contributed by atoms with Crippen LogP contribution < -0.4 is 5.32 Å². The Kier molecular flexibility index (Phi) is 5.81. The van der Waals surface area contributed by atoms with Crippen molar-refractivity contribution in [2.75, 3.05) is 24.2 Å². The number of amides is 1. The van der Waals surface area contributed by atoms with Crippen molar-refractivity contribution < 1.29 is 4.79 Å². The van der Waals surface area contributed by atoms with Crippen LogP contribution in [0, 0.1) is 5.92 Å². The number of para-hydroxylation sites is 1. The summed E-state index contributed by atoms with van der Waals surface area (Å²) in [6, 6.07) is 8.49. The number of rotatable bonds is 5. The summed E-state index contributed by atoms with van der Waals surface area (Å²) in [5.74, 6) is 2.24. The zero-order chi connectivity index (χ0) is 18.6. The standard InChI is InChI=1S/C21H28N4OS/c1-2-22-20-16-10-4-5-11-17(16)23-21(24-20)27-14-19(26)25-13-7-9-15-8-3-6-12-18(15)25/h4-5,10-11,15,18H,2-3,6-9,12-14H2,1H3,(H,22,23,24)/t15-,18-/m1/s1. The lowest BCUT2D eigenvalue weighted by Gasteiger charge is -2.44. The fourth-order valence-electron chi connectivity index (χ4n) is 4.57. The molecule has 0 bridgehead atoms. The first-order valence-electron chi connectivity index (χ1n) is 10.2. The van der Waals surface area contributed by atoms with Gasteiger partial charge in [0.25, 0.3) is 0 Å². The van der Waals surface area contributed by atoms with Crippen molar-refractivity contribution in [1.29, 1.82) is 0 Å². The third-order valence-electron chi connectivity index (χ3n) is 5.82. The number of carbonyl (C=O) groups is 1. The number of fused-ring (bicyclic) bond motifs is 2. The van der Waals surface area contributed by atoms with Crippen molar-refractivity contribution >= 4 is 34.4 Å². The van der Waals surface area contributed by atoms with Crippen LogP contribution in [0.3, 0.4) is 0 Å². The highest BCUT2D eigenvalue weighted by Gasteiger charge is 2.35. The van der Waals surface area contributed by atoms with E-state index in [4.69, 9.17) is 0 Å². The summed E-state index contributed by atoms with van der Waals surface area (Å²) in [6.45, 7) is 3.78. The van der Waals surface area contributed by atoms with Crippen molar-refractivity contribution in [2.24, 2.45) is 5.92 Å². The van der Waals surface area contributed by atoms with E-state index in [-0.39, 0.29) is 5.91 Å². The smallest absolute Gasteiger partial charge is 0.233 e. The molecule has 2 heterocycles. The number of anilines is 1. The van der Waals surface area contributed by atoms with Crippen molar-refractivity contribution in [3.63, 3.8) is 0 Å². The molecule has 1 saturated heterocycles. The number of nitrogens with zero attached hydrogens (tertiary/aromatic N) is 3. The fourth-order valence-corrected chi connectivity index (χ4v) is 5.30. The molecule has 0 radical (unpaired) electrons. The SMILES string of the molecule is CCNc1nc(SCC(=O)N2CCC[C@H]3CCCC[C@H]32)nc2ccccc12. The first-order chi connectivity index (χ1) is 13.3. The van der Waals surface area contributed by atoms with Crippen LogP contribution in [0.5, 0.6) is 0 Å². The minimum absolute atomic E-state index is 0.248. The molecule has 0 spiro atoms. The molecule has 1 aromatic carbocycles. The molecule has 1 N–H and O–H groups in total. The summed E-state index contributed by atoms with van der Waals surface area (Å²) in [6.07, 6.45) is 7.50. The van der Waals surface area contributed by atoms with Gasteiger partial charge in [0.2, 0.25) is 5.91 Å². The van der Waals surface area contributed by atoms with E-state index < -0.39 is 0 Å². The highest BCUT2D eigenvalue weighted by molar-refractivity contribution is 7.99. The zero-order valence-electron chi connectivity index (χ0n) is 16.0. The summed E-state index contributed by atoms with van der Waals surface area (Å²) in [5, 5.41) is 5.02. The van der Waals surface area contributed by atoms with Gasteiger partial charge in [-0.05, 0) is 50.7 Å². The summed E-state index contributed by atoms with van der Waals surface area (Å²) >= 11 is 1.46. The van der Waals surface area contributed by atoms with Gasteiger partial charge < -0.3 is 10.2 Å². The Bertz CT molecular complexity index is 810. The Labute approximate surface area is 165 Å². The monoisotopic (exact) mass is 384 g/mol. The molecular weight excluding hydrogens is 356 g/mol. The number of thioether (sulfide) groups is 1. The van der Waals surface area contributed by atoms with Gasteiger partial charge >= 0.3 is 0 Å².